The third kappa shape index (κ3) is 7.41. The molecule has 2 aliphatic rings. The van der Waals surface area contributed by atoms with Crippen LogP contribution in [0.15, 0.2) is 0 Å². The third-order valence-corrected chi connectivity index (χ3v) is 10.1. The van der Waals surface area contributed by atoms with Gasteiger partial charge in [-0.2, -0.15) is 0 Å². The van der Waals surface area contributed by atoms with Crippen molar-refractivity contribution in [3.05, 3.63) is 0 Å². The van der Waals surface area contributed by atoms with E-state index in [1.807, 2.05) is 0 Å². The quantitative estimate of drug-likeness (QED) is 0.391. The minimum absolute atomic E-state index is 0.280. The SMILES string of the molecule is CCC1(C)CC(NCCCCCCN(C)C2CC(C)(C)N(C)C(C)(C)C2)CCC(C)(C)N1C. The van der Waals surface area contributed by atoms with Crippen molar-refractivity contribution in [1.29, 1.82) is 0 Å². The topological polar surface area (TPSA) is 21.8 Å². The first kappa shape index (κ1) is 29.1. The summed E-state index contributed by atoms with van der Waals surface area (Å²) in [5.74, 6) is 0. The van der Waals surface area contributed by atoms with Gasteiger partial charge in [0.05, 0.1) is 0 Å². The maximum absolute atomic E-state index is 3.94. The molecule has 2 atom stereocenters. The number of hydrogen-bond acceptors (Lipinski definition) is 4. The van der Waals surface area contributed by atoms with Gasteiger partial charge in [-0.15, -0.1) is 0 Å². The molecule has 33 heavy (non-hydrogen) atoms. The Bertz CT molecular complexity index is 580. The molecule has 0 bridgehead atoms. The molecule has 2 heterocycles. The van der Waals surface area contributed by atoms with Crippen molar-refractivity contribution in [2.75, 3.05) is 34.2 Å². The van der Waals surface area contributed by atoms with E-state index in [9.17, 15) is 0 Å². The summed E-state index contributed by atoms with van der Waals surface area (Å²) in [7, 11) is 7.01. The highest BCUT2D eigenvalue weighted by molar-refractivity contribution is 5.01. The van der Waals surface area contributed by atoms with E-state index in [0.29, 0.717) is 23.2 Å². The number of nitrogens with one attached hydrogen (secondary N) is 1. The van der Waals surface area contributed by atoms with Crippen LogP contribution in [-0.4, -0.2) is 83.2 Å². The predicted molar refractivity (Wildman–Crippen MR) is 146 cm³/mol. The van der Waals surface area contributed by atoms with Crippen LogP contribution in [0.3, 0.4) is 0 Å². The molecular formula is C29H60N4. The second-order valence-corrected chi connectivity index (χ2v) is 13.8. The minimum Gasteiger partial charge on any atom is -0.314 e. The average Bonchev–Trinajstić information content (AvgIpc) is 2.81. The molecule has 0 aromatic rings. The van der Waals surface area contributed by atoms with Gasteiger partial charge in [0.25, 0.3) is 0 Å². The second-order valence-electron chi connectivity index (χ2n) is 13.8. The molecule has 2 aliphatic heterocycles. The number of likely N-dealkylation sites (tertiary alicyclic amines) is 2. The van der Waals surface area contributed by atoms with Crippen molar-refractivity contribution in [3.8, 4) is 0 Å². The first-order valence-corrected chi connectivity index (χ1v) is 14.1. The zero-order chi connectivity index (χ0) is 25.1. The molecule has 0 aliphatic carbocycles. The average molecular weight is 465 g/mol. The predicted octanol–water partition coefficient (Wildman–Crippen LogP) is 6.15. The van der Waals surface area contributed by atoms with Crippen molar-refractivity contribution < 1.29 is 0 Å². The van der Waals surface area contributed by atoms with E-state index < -0.39 is 0 Å². The summed E-state index contributed by atoms with van der Waals surface area (Å²) in [5, 5.41) is 3.94. The summed E-state index contributed by atoms with van der Waals surface area (Å²) in [5.41, 5.74) is 1.16. The van der Waals surface area contributed by atoms with Crippen LogP contribution in [-0.2, 0) is 0 Å². The van der Waals surface area contributed by atoms with Crippen LogP contribution in [0.25, 0.3) is 0 Å². The Hall–Kier alpha value is -0.160. The van der Waals surface area contributed by atoms with Gasteiger partial charge in [-0.25, -0.2) is 0 Å². The van der Waals surface area contributed by atoms with Crippen molar-refractivity contribution in [3.63, 3.8) is 0 Å². The number of rotatable bonds is 10. The lowest BCUT2D eigenvalue weighted by atomic mass is 9.77. The van der Waals surface area contributed by atoms with Crippen LogP contribution in [0.2, 0.25) is 0 Å². The lowest BCUT2D eigenvalue weighted by molar-refractivity contribution is -0.0426. The first-order valence-electron chi connectivity index (χ1n) is 14.1. The molecule has 2 fully saturated rings. The third-order valence-electron chi connectivity index (χ3n) is 10.1. The standard InChI is InChI=1S/C29H60N4/c1-12-29(8)21-24(17-18-26(2,3)33(29)11)30-19-15-13-14-16-20-31(9)25-22-27(4,5)32(10)28(6,7)23-25/h24-25,30H,12-23H2,1-11H3. The number of hydrogen-bond donors (Lipinski definition) is 1. The van der Waals surface area contributed by atoms with Crippen molar-refractivity contribution in [1.82, 2.24) is 20.0 Å². The van der Waals surface area contributed by atoms with E-state index in [4.69, 9.17) is 0 Å². The first-order chi connectivity index (χ1) is 15.1. The smallest absolute Gasteiger partial charge is 0.0195 e. The molecule has 0 saturated carbocycles. The number of unbranched alkanes of at least 4 members (excludes halogenated alkanes) is 3. The fourth-order valence-electron chi connectivity index (χ4n) is 6.71. The van der Waals surface area contributed by atoms with E-state index in [1.165, 1.54) is 77.3 Å². The summed E-state index contributed by atoms with van der Waals surface area (Å²) >= 11 is 0. The fraction of sp³-hybridized carbons (Fsp3) is 1.00. The normalized spacial score (nSPS) is 31.1. The Morgan fingerprint density at radius 2 is 1.36 bits per heavy atom. The zero-order valence-corrected chi connectivity index (χ0v) is 24.5. The molecule has 0 amide bonds. The molecule has 196 valence electrons. The van der Waals surface area contributed by atoms with Crippen LogP contribution in [0.4, 0.5) is 0 Å². The largest absolute Gasteiger partial charge is 0.314 e. The van der Waals surface area contributed by atoms with E-state index in [2.05, 4.69) is 96.5 Å². The molecule has 0 aromatic heterocycles. The van der Waals surface area contributed by atoms with Crippen molar-refractivity contribution in [2.45, 2.75) is 154 Å². The molecule has 2 saturated heterocycles. The summed E-state index contributed by atoms with van der Waals surface area (Å²) < 4.78 is 0. The van der Waals surface area contributed by atoms with E-state index in [0.717, 1.165) is 0 Å². The number of nitrogens with zero attached hydrogens (tertiary/aromatic N) is 3. The zero-order valence-electron chi connectivity index (χ0n) is 24.5. The van der Waals surface area contributed by atoms with Crippen LogP contribution < -0.4 is 5.32 Å². The minimum atomic E-state index is 0.280. The van der Waals surface area contributed by atoms with E-state index in [1.54, 1.807) is 0 Å². The molecule has 4 nitrogen and oxygen atoms in total. The molecular weight excluding hydrogens is 404 g/mol. The highest BCUT2D eigenvalue weighted by atomic mass is 15.3. The fourth-order valence-corrected chi connectivity index (χ4v) is 6.71. The molecule has 0 radical (unpaired) electrons. The van der Waals surface area contributed by atoms with Crippen LogP contribution in [0.1, 0.15) is 120 Å². The van der Waals surface area contributed by atoms with Gasteiger partial charge < -0.3 is 10.2 Å². The van der Waals surface area contributed by atoms with Crippen molar-refractivity contribution in [2.24, 2.45) is 0 Å². The molecule has 0 spiro atoms. The molecule has 0 aromatic carbocycles. The van der Waals surface area contributed by atoms with Gasteiger partial charge in [0.1, 0.15) is 0 Å². The van der Waals surface area contributed by atoms with Crippen LogP contribution in [0, 0.1) is 0 Å². The highest BCUT2D eigenvalue weighted by Crippen LogP contribution is 2.39. The Morgan fingerprint density at radius 3 is 1.94 bits per heavy atom. The van der Waals surface area contributed by atoms with Gasteiger partial charge in [-0.05, 0) is 134 Å². The summed E-state index contributed by atoms with van der Waals surface area (Å²) in [6.07, 6.45) is 13.0. The maximum atomic E-state index is 3.94. The molecule has 4 heteroatoms. The van der Waals surface area contributed by atoms with Gasteiger partial charge in [0.2, 0.25) is 0 Å². The van der Waals surface area contributed by atoms with Crippen molar-refractivity contribution >= 4 is 0 Å². The number of piperidine rings is 1. The highest BCUT2D eigenvalue weighted by Gasteiger charge is 2.44. The lowest BCUT2D eigenvalue weighted by Crippen LogP contribution is -2.62. The summed E-state index contributed by atoms with van der Waals surface area (Å²) in [6, 6.07) is 1.37. The molecule has 2 rings (SSSR count). The maximum Gasteiger partial charge on any atom is 0.0195 e. The van der Waals surface area contributed by atoms with Crippen LogP contribution >= 0.6 is 0 Å². The van der Waals surface area contributed by atoms with Gasteiger partial charge in [-0.3, -0.25) is 9.80 Å². The lowest BCUT2D eigenvalue weighted by Gasteiger charge is -2.55. The Morgan fingerprint density at radius 1 is 0.788 bits per heavy atom. The molecule has 2 unspecified atom stereocenters. The molecule has 1 N–H and O–H groups in total. The van der Waals surface area contributed by atoms with Crippen LogP contribution in [0.5, 0.6) is 0 Å². The second kappa shape index (κ2) is 11.3. The van der Waals surface area contributed by atoms with Gasteiger partial charge in [-0.1, -0.05) is 19.8 Å². The monoisotopic (exact) mass is 464 g/mol. The summed E-state index contributed by atoms with van der Waals surface area (Å²) in [6.45, 7) is 21.8. The Labute approximate surface area is 208 Å². The van der Waals surface area contributed by atoms with E-state index in [-0.39, 0.29) is 11.1 Å². The van der Waals surface area contributed by atoms with Gasteiger partial charge in [0, 0.05) is 34.2 Å². The van der Waals surface area contributed by atoms with Gasteiger partial charge >= 0.3 is 0 Å². The Kier molecular flexibility index (Phi) is 9.93. The Balaban J connectivity index is 1.67. The van der Waals surface area contributed by atoms with Gasteiger partial charge in [0.15, 0.2) is 0 Å². The van der Waals surface area contributed by atoms with E-state index >= 15 is 0 Å². The summed E-state index contributed by atoms with van der Waals surface area (Å²) in [4.78, 5) is 7.91.